The number of piperazine rings is 1. The van der Waals surface area contributed by atoms with E-state index in [9.17, 15) is 32.0 Å². The highest BCUT2D eigenvalue weighted by Gasteiger charge is 2.55. The zero-order valence-electron chi connectivity index (χ0n) is 22.0. The quantitative estimate of drug-likeness (QED) is 0.515. The fourth-order valence-electron chi connectivity index (χ4n) is 6.31. The van der Waals surface area contributed by atoms with Crippen LogP contribution in [0.5, 0.6) is 0 Å². The van der Waals surface area contributed by atoms with Gasteiger partial charge in [-0.15, -0.1) is 0 Å². The average molecular weight is 596 g/mol. The summed E-state index contributed by atoms with van der Waals surface area (Å²) in [5.41, 5.74) is -0.171. The minimum atomic E-state index is -4.05. The number of carbonyl (C=O) groups excluding carboxylic acids is 2. The highest BCUT2D eigenvalue weighted by atomic mass is 35.5. The van der Waals surface area contributed by atoms with Gasteiger partial charge in [0.25, 0.3) is 5.92 Å². The molecule has 3 saturated carbocycles. The Balaban J connectivity index is 1.20. The molecule has 40 heavy (non-hydrogen) atoms. The number of benzene rings is 1. The molecule has 0 unspecified atom stereocenters. The Kier molecular flexibility index (Phi) is 6.78. The Labute approximate surface area is 237 Å². The van der Waals surface area contributed by atoms with E-state index < -0.39 is 63.3 Å². The molecule has 0 radical (unpaired) electrons. The second-order valence-electron chi connectivity index (χ2n) is 12.0. The van der Waals surface area contributed by atoms with Gasteiger partial charge in [0.2, 0.25) is 11.8 Å². The van der Waals surface area contributed by atoms with Crippen molar-refractivity contribution in [2.75, 3.05) is 44.2 Å². The smallest absolute Gasteiger partial charge is 0.282 e. The molecule has 1 N–H and O–H groups in total. The number of likely N-dealkylation sites (tertiary alicyclic amines) is 1. The number of nitrogens with one attached hydrogen (secondary N) is 1. The van der Waals surface area contributed by atoms with E-state index in [0.29, 0.717) is 18.9 Å². The highest BCUT2D eigenvalue weighted by molar-refractivity contribution is 7.92. The van der Waals surface area contributed by atoms with Gasteiger partial charge in [-0.3, -0.25) is 14.5 Å². The van der Waals surface area contributed by atoms with Crippen LogP contribution in [-0.2, 0) is 19.4 Å². The van der Waals surface area contributed by atoms with Crippen molar-refractivity contribution in [2.24, 2.45) is 11.8 Å². The minimum absolute atomic E-state index is 0.0710. The largest absolute Gasteiger partial charge is 0.369 e. The average Bonchev–Trinajstić information content (AvgIpc) is 3.84. The molecule has 1 aromatic carbocycles. The number of amides is 2. The summed E-state index contributed by atoms with van der Waals surface area (Å²) in [6.45, 7) is 2.03. The van der Waals surface area contributed by atoms with Gasteiger partial charge in [0.05, 0.1) is 46.2 Å². The van der Waals surface area contributed by atoms with Crippen LogP contribution >= 0.6 is 11.6 Å². The van der Waals surface area contributed by atoms with Crippen molar-refractivity contribution in [3.05, 3.63) is 23.2 Å². The van der Waals surface area contributed by atoms with Crippen LogP contribution in [0.2, 0.25) is 5.02 Å². The first-order valence-corrected chi connectivity index (χ1v) is 15.8. The van der Waals surface area contributed by atoms with Gasteiger partial charge in [-0.2, -0.15) is 5.26 Å². The molecule has 5 aliphatic rings. The number of anilines is 1. The molecular formula is C27H32ClF2N5O4S. The summed E-state index contributed by atoms with van der Waals surface area (Å²) in [5.74, 6) is -6.36. The van der Waals surface area contributed by atoms with Crippen molar-refractivity contribution in [3.8, 4) is 6.07 Å². The third kappa shape index (κ3) is 5.16. The summed E-state index contributed by atoms with van der Waals surface area (Å²) in [6.07, 6.45) is 3.10. The van der Waals surface area contributed by atoms with Gasteiger partial charge in [-0.25, -0.2) is 17.2 Å². The van der Waals surface area contributed by atoms with Crippen LogP contribution in [0.25, 0.3) is 0 Å². The Morgan fingerprint density at radius 1 is 1.05 bits per heavy atom. The number of alkyl halides is 2. The molecule has 2 aliphatic heterocycles. The number of nitrogens with zero attached hydrogens (tertiary/aromatic N) is 4. The number of hydrogen-bond donors (Lipinski definition) is 1. The van der Waals surface area contributed by atoms with E-state index in [1.807, 2.05) is 0 Å². The Morgan fingerprint density at radius 2 is 1.70 bits per heavy atom. The maximum atomic E-state index is 13.8. The van der Waals surface area contributed by atoms with Crippen LogP contribution in [0.15, 0.2) is 23.1 Å². The maximum absolute atomic E-state index is 13.8. The molecule has 0 bridgehead atoms. The van der Waals surface area contributed by atoms with Crippen LogP contribution in [0, 0.1) is 23.2 Å². The number of halogens is 3. The molecule has 3 aliphatic carbocycles. The van der Waals surface area contributed by atoms with Gasteiger partial charge >= 0.3 is 0 Å². The zero-order valence-corrected chi connectivity index (χ0v) is 23.6. The van der Waals surface area contributed by atoms with E-state index in [1.165, 1.54) is 18.9 Å². The molecule has 2 saturated heterocycles. The molecular weight excluding hydrogens is 564 g/mol. The Bertz CT molecular complexity index is 1360. The fraction of sp³-hybridized carbons (Fsp3) is 0.667. The SMILES string of the molecule is N#CC1(NC(=O)[C@@H]2C[C@@H](S(=O)(=O)c3ccc(N4CCN(C5CC5)CC4)cc3Cl)C[C@H]2C(=O)N2CC(F)(F)C2)CC1. The summed E-state index contributed by atoms with van der Waals surface area (Å²) in [7, 11) is -4.05. The predicted molar refractivity (Wildman–Crippen MR) is 143 cm³/mol. The Morgan fingerprint density at radius 3 is 2.25 bits per heavy atom. The molecule has 0 spiro atoms. The van der Waals surface area contributed by atoms with Crippen LogP contribution in [-0.4, -0.2) is 92.1 Å². The summed E-state index contributed by atoms with van der Waals surface area (Å²) in [4.78, 5) is 31.9. The third-order valence-corrected chi connectivity index (χ3v) is 11.7. The number of sulfone groups is 1. The summed E-state index contributed by atoms with van der Waals surface area (Å²) in [5, 5.41) is 11.0. The molecule has 13 heteroatoms. The summed E-state index contributed by atoms with van der Waals surface area (Å²) >= 11 is 6.54. The van der Waals surface area contributed by atoms with Crippen molar-refractivity contribution < 1.29 is 26.8 Å². The molecule has 2 amide bonds. The predicted octanol–water partition coefficient (Wildman–Crippen LogP) is 2.44. The van der Waals surface area contributed by atoms with E-state index in [4.69, 9.17) is 11.6 Å². The molecule has 2 heterocycles. The van der Waals surface area contributed by atoms with E-state index in [-0.39, 0.29) is 22.8 Å². The molecule has 6 rings (SSSR count). The van der Waals surface area contributed by atoms with Gasteiger partial charge in [0.1, 0.15) is 5.54 Å². The van der Waals surface area contributed by atoms with Gasteiger partial charge in [-0.05, 0) is 56.7 Å². The van der Waals surface area contributed by atoms with E-state index in [1.54, 1.807) is 12.1 Å². The summed E-state index contributed by atoms with van der Waals surface area (Å²) in [6, 6.07) is 7.61. The van der Waals surface area contributed by atoms with Gasteiger partial charge in [-0.1, -0.05) is 11.6 Å². The van der Waals surface area contributed by atoms with Gasteiger partial charge in [0.15, 0.2) is 9.84 Å². The first kappa shape index (κ1) is 27.7. The van der Waals surface area contributed by atoms with E-state index in [2.05, 4.69) is 21.2 Å². The topological polar surface area (TPSA) is 114 Å². The van der Waals surface area contributed by atoms with Crippen molar-refractivity contribution >= 4 is 38.9 Å². The van der Waals surface area contributed by atoms with Crippen LogP contribution in [0.1, 0.15) is 38.5 Å². The van der Waals surface area contributed by atoms with Crippen LogP contribution < -0.4 is 10.2 Å². The molecule has 3 atom stereocenters. The second kappa shape index (κ2) is 9.81. The Hall–Kier alpha value is -2.49. The van der Waals surface area contributed by atoms with Gasteiger partial charge in [0, 0.05) is 37.9 Å². The lowest BCUT2D eigenvalue weighted by Crippen LogP contribution is -2.60. The number of carbonyl (C=O) groups is 2. The standard InChI is InChI=1S/C27H32ClF2N5O4S/c28-22-11-18(34-9-7-33(8-10-34)17-1-2-17)3-4-23(22)40(38,39)19-12-20(24(36)32-26(14-31)5-6-26)21(13-19)25(37)35-15-27(29,30)16-35/h3-4,11,17,19-21H,1-2,5-10,12-13,15-16H2,(H,32,36)/t19-,20-,21-/m1/s1. The van der Waals surface area contributed by atoms with Gasteiger partial charge < -0.3 is 15.1 Å². The zero-order chi connectivity index (χ0) is 28.4. The first-order chi connectivity index (χ1) is 18.9. The van der Waals surface area contributed by atoms with Crippen molar-refractivity contribution in [3.63, 3.8) is 0 Å². The van der Waals surface area contributed by atoms with Crippen molar-refractivity contribution in [2.45, 2.75) is 66.2 Å². The third-order valence-electron chi connectivity index (χ3n) is 9.06. The van der Waals surface area contributed by atoms with Crippen LogP contribution in [0.3, 0.4) is 0 Å². The lowest BCUT2D eigenvalue weighted by atomic mass is 9.92. The normalized spacial score (nSPS) is 29.4. The van der Waals surface area contributed by atoms with Crippen molar-refractivity contribution in [1.29, 1.82) is 5.26 Å². The molecule has 216 valence electrons. The lowest BCUT2D eigenvalue weighted by Gasteiger charge is -2.40. The minimum Gasteiger partial charge on any atom is -0.369 e. The molecule has 5 fully saturated rings. The maximum Gasteiger partial charge on any atom is 0.282 e. The number of nitriles is 1. The molecule has 1 aromatic rings. The van der Waals surface area contributed by atoms with Crippen molar-refractivity contribution in [1.82, 2.24) is 15.1 Å². The van der Waals surface area contributed by atoms with E-state index in [0.717, 1.165) is 36.8 Å². The first-order valence-electron chi connectivity index (χ1n) is 13.8. The lowest BCUT2D eigenvalue weighted by molar-refractivity contribution is -0.171. The number of rotatable bonds is 7. The molecule has 9 nitrogen and oxygen atoms in total. The van der Waals surface area contributed by atoms with E-state index >= 15 is 0 Å². The molecule has 0 aromatic heterocycles. The second-order valence-corrected chi connectivity index (χ2v) is 14.6. The summed E-state index contributed by atoms with van der Waals surface area (Å²) < 4.78 is 54.6. The number of hydrogen-bond acceptors (Lipinski definition) is 7. The van der Waals surface area contributed by atoms with Crippen LogP contribution in [0.4, 0.5) is 14.5 Å². The fourth-order valence-corrected chi connectivity index (χ4v) is 8.68. The highest BCUT2D eigenvalue weighted by Crippen LogP contribution is 2.44. The monoisotopic (exact) mass is 595 g/mol.